The molecule has 1 aromatic heterocycles. The van der Waals surface area contributed by atoms with Crippen molar-refractivity contribution in [2.24, 2.45) is 0 Å². The molecule has 4 aromatic carbocycles. The molecule has 6 nitrogen and oxygen atoms in total. The van der Waals surface area contributed by atoms with Gasteiger partial charge in [-0.25, -0.2) is 4.39 Å². The monoisotopic (exact) mass is 564 g/mol. The Morgan fingerprint density at radius 2 is 1.74 bits per heavy atom. The zero-order chi connectivity index (χ0) is 29.2. The lowest BCUT2D eigenvalue weighted by Gasteiger charge is -2.35. The van der Waals surface area contributed by atoms with E-state index < -0.39 is 5.97 Å². The van der Waals surface area contributed by atoms with Gasteiger partial charge in [-0.1, -0.05) is 60.7 Å². The molecule has 1 heterocycles. The van der Waals surface area contributed by atoms with Gasteiger partial charge in [-0.05, 0) is 77.4 Å². The number of hydrogen-bond acceptors (Lipinski definition) is 3. The lowest BCUT2D eigenvalue weighted by atomic mass is 9.89. The van der Waals surface area contributed by atoms with Crippen LogP contribution in [0, 0.1) is 5.82 Å². The van der Waals surface area contributed by atoms with Crippen LogP contribution in [0.2, 0.25) is 0 Å². The molecule has 7 heteroatoms. The largest absolute Gasteiger partial charge is 0.496 e. The Hall–Kier alpha value is -4.65. The Morgan fingerprint density at radius 1 is 0.976 bits per heavy atom. The van der Waals surface area contributed by atoms with Crippen LogP contribution >= 0.6 is 0 Å². The van der Waals surface area contributed by atoms with Gasteiger partial charge in [-0.2, -0.15) is 0 Å². The summed E-state index contributed by atoms with van der Waals surface area (Å²) in [5.41, 5.74) is 4.62. The number of halogens is 1. The number of aryl methyl sites for hydroxylation is 1. The Morgan fingerprint density at radius 3 is 2.57 bits per heavy atom. The summed E-state index contributed by atoms with van der Waals surface area (Å²) >= 11 is 0. The van der Waals surface area contributed by atoms with E-state index in [1.54, 1.807) is 17.7 Å². The third kappa shape index (κ3) is 5.34. The van der Waals surface area contributed by atoms with Gasteiger partial charge in [-0.3, -0.25) is 9.59 Å². The molecule has 0 bridgehead atoms. The van der Waals surface area contributed by atoms with Crippen LogP contribution in [0.15, 0.2) is 84.9 Å². The topological polar surface area (TPSA) is 71.8 Å². The number of benzene rings is 4. The lowest BCUT2D eigenvalue weighted by molar-refractivity contribution is -0.137. The maximum atomic E-state index is 14.4. The highest BCUT2D eigenvalue weighted by Crippen LogP contribution is 2.35. The summed E-state index contributed by atoms with van der Waals surface area (Å²) in [5, 5.41) is 12.6. The summed E-state index contributed by atoms with van der Waals surface area (Å²) in [6.07, 6.45) is 2.71. The Bertz CT molecular complexity index is 1790. The van der Waals surface area contributed by atoms with Crippen LogP contribution in [0.4, 0.5) is 4.39 Å². The molecule has 1 aliphatic rings. The Balaban J connectivity index is 1.36. The second kappa shape index (κ2) is 11.7. The quantitative estimate of drug-likeness (QED) is 0.221. The third-order valence-electron chi connectivity index (χ3n) is 8.48. The van der Waals surface area contributed by atoms with E-state index in [0.29, 0.717) is 44.2 Å². The molecule has 1 atom stereocenters. The standard InChI is InChI=1S/C35H33FN2O4/c1-42-33-12-5-3-8-24(33)13-18-34(39)37(21-25-10-6-9-23-7-2-4-11-28(23)25)27-15-17-32-30(20-27)29-19-26(36)14-16-31(29)38(32)22-35(40)41/h2-12,14,16,19,27H,13,15,17-18,20-22H2,1H3,(H,40,41). The third-order valence-corrected chi connectivity index (χ3v) is 8.48. The fraction of sp³-hybridized carbons (Fsp3) is 0.257. The van der Waals surface area contributed by atoms with Gasteiger partial charge in [-0.15, -0.1) is 0 Å². The molecular weight excluding hydrogens is 531 g/mol. The smallest absolute Gasteiger partial charge is 0.323 e. The molecule has 6 rings (SSSR count). The number of fused-ring (bicyclic) bond motifs is 4. The first kappa shape index (κ1) is 27.5. The van der Waals surface area contributed by atoms with Crippen molar-refractivity contribution in [1.82, 2.24) is 9.47 Å². The lowest BCUT2D eigenvalue weighted by Crippen LogP contribution is -2.43. The minimum atomic E-state index is -0.940. The fourth-order valence-electron chi connectivity index (χ4n) is 6.52. The summed E-state index contributed by atoms with van der Waals surface area (Å²) < 4.78 is 21.7. The van der Waals surface area contributed by atoms with Crippen molar-refractivity contribution in [3.05, 3.63) is 113 Å². The van der Waals surface area contributed by atoms with Crippen LogP contribution in [0.5, 0.6) is 5.75 Å². The van der Waals surface area contributed by atoms with Gasteiger partial charge in [0.1, 0.15) is 18.1 Å². The molecule has 0 spiro atoms. The van der Waals surface area contributed by atoms with Crippen molar-refractivity contribution in [2.45, 2.75) is 51.2 Å². The summed E-state index contributed by atoms with van der Waals surface area (Å²) in [4.78, 5) is 27.8. The van der Waals surface area contributed by atoms with E-state index in [-0.39, 0.29) is 24.3 Å². The van der Waals surface area contributed by atoms with Gasteiger partial charge in [0.05, 0.1) is 7.11 Å². The van der Waals surface area contributed by atoms with Crippen LogP contribution in [0.1, 0.15) is 35.2 Å². The summed E-state index contributed by atoms with van der Waals surface area (Å²) in [7, 11) is 1.64. The molecule has 0 saturated heterocycles. The van der Waals surface area contributed by atoms with Crippen molar-refractivity contribution < 1.29 is 23.8 Å². The van der Waals surface area contributed by atoms with Crippen molar-refractivity contribution in [2.75, 3.05) is 7.11 Å². The van der Waals surface area contributed by atoms with Crippen LogP contribution in [0.25, 0.3) is 21.7 Å². The maximum absolute atomic E-state index is 14.4. The van der Waals surface area contributed by atoms with E-state index in [0.717, 1.165) is 44.3 Å². The van der Waals surface area contributed by atoms with E-state index in [2.05, 4.69) is 24.3 Å². The van der Waals surface area contributed by atoms with Crippen molar-refractivity contribution in [3.8, 4) is 5.75 Å². The molecule has 42 heavy (non-hydrogen) atoms. The second-order valence-corrected chi connectivity index (χ2v) is 10.9. The van der Waals surface area contributed by atoms with Crippen molar-refractivity contribution >= 4 is 33.6 Å². The summed E-state index contributed by atoms with van der Waals surface area (Å²) in [5.74, 6) is -0.491. The number of aromatic nitrogens is 1. The molecule has 214 valence electrons. The fourth-order valence-corrected chi connectivity index (χ4v) is 6.52. The maximum Gasteiger partial charge on any atom is 0.323 e. The predicted molar refractivity (Wildman–Crippen MR) is 161 cm³/mol. The highest BCUT2D eigenvalue weighted by atomic mass is 19.1. The Kier molecular flexibility index (Phi) is 7.66. The second-order valence-electron chi connectivity index (χ2n) is 10.9. The normalized spacial score (nSPS) is 14.6. The van der Waals surface area contributed by atoms with Gasteiger partial charge in [0.2, 0.25) is 5.91 Å². The molecule has 1 amide bonds. The number of aliphatic carboxylic acids is 1. The van der Waals surface area contributed by atoms with Gasteiger partial charge < -0.3 is 19.3 Å². The number of carbonyl (C=O) groups is 2. The summed E-state index contributed by atoms with van der Waals surface area (Å²) in [6.45, 7) is 0.272. The number of rotatable bonds is 9. The minimum absolute atomic E-state index is 0.0442. The number of methoxy groups -OCH3 is 1. The average Bonchev–Trinajstić information content (AvgIpc) is 3.29. The van der Waals surface area contributed by atoms with Gasteiger partial charge in [0.25, 0.3) is 0 Å². The van der Waals surface area contributed by atoms with Gasteiger partial charge >= 0.3 is 5.97 Å². The van der Waals surface area contributed by atoms with Gasteiger partial charge in [0.15, 0.2) is 0 Å². The number of ether oxygens (including phenoxy) is 1. The molecule has 1 unspecified atom stereocenters. The van der Waals surface area contributed by atoms with Crippen LogP contribution in [-0.4, -0.2) is 39.6 Å². The molecule has 0 fully saturated rings. The van der Waals surface area contributed by atoms with E-state index in [4.69, 9.17) is 4.74 Å². The number of carbonyl (C=O) groups excluding carboxylic acids is 1. The molecule has 5 aromatic rings. The molecule has 1 aliphatic carbocycles. The first-order valence-corrected chi connectivity index (χ1v) is 14.3. The number of nitrogens with zero attached hydrogens (tertiary/aromatic N) is 2. The predicted octanol–water partition coefficient (Wildman–Crippen LogP) is 6.55. The Labute approximate surface area is 243 Å². The first-order valence-electron chi connectivity index (χ1n) is 14.3. The minimum Gasteiger partial charge on any atom is -0.496 e. The molecule has 1 N–H and O–H groups in total. The number of carboxylic acid groups (broad SMARTS) is 1. The number of hydrogen-bond donors (Lipinski definition) is 1. The van der Waals surface area contributed by atoms with E-state index in [1.807, 2.05) is 47.4 Å². The number of amides is 1. The van der Waals surface area contributed by atoms with Crippen LogP contribution in [0.3, 0.4) is 0 Å². The zero-order valence-corrected chi connectivity index (χ0v) is 23.6. The molecule has 0 saturated carbocycles. The van der Waals surface area contributed by atoms with Crippen molar-refractivity contribution in [1.29, 1.82) is 0 Å². The van der Waals surface area contributed by atoms with E-state index in [9.17, 15) is 19.1 Å². The molecular formula is C35H33FN2O4. The zero-order valence-electron chi connectivity index (χ0n) is 23.6. The van der Waals surface area contributed by atoms with Crippen LogP contribution < -0.4 is 4.74 Å². The highest BCUT2D eigenvalue weighted by molar-refractivity contribution is 5.88. The first-order chi connectivity index (χ1) is 20.4. The van der Waals surface area contributed by atoms with Crippen molar-refractivity contribution in [3.63, 3.8) is 0 Å². The molecule has 0 radical (unpaired) electrons. The number of carboxylic acids is 1. The van der Waals surface area contributed by atoms with E-state index in [1.165, 1.54) is 12.1 Å². The number of para-hydroxylation sites is 1. The van der Waals surface area contributed by atoms with Gasteiger partial charge in [0, 0.05) is 35.6 Å². The highest BCUT2D eigenvalue weighted by Gasteiger charge is 2.32. The van der Waals surface area contributed by atoms with E-state index >= 15 is 0 Å². The van der Waals surface area contributed by atoms with Crippen LogP contribution in [-0.2, 0) is 41.9 Å². The SMILES string of the molecule is COc1ccccc1CCC(=O)N(Cc1cccc2ccccc12)C1CCc2c(c3cc(F)ccc3n2CC(=O)O)C1. The average molecular weight is 565 g/mol. The summed E-state index contributed by atoms with van der Waals surface area (Å²) in [6, 6.07) is 26.5. The molecule has 0 aliphatic heterocycles.